The first-order chi connectivity index (χ1) is 14.8. The first-order valence-electron chi connectivity index (χ1n) is 10.8. The third-order valence-electron chi connectivity index (χ3n) is 6.58. The molecule has 1 aliphatic heterocycles. The van der Waals surface area contributed by atoms with Gasteiger partial charge in [0.2, 0.25) is 0 Å². The Morgan fingerprint density at radius 3 is 2.55 bits per heavy atom. The van der Waals surface area contributed by atoms with Gasteiger partial charge in [-0.15, -0.1) is 0 Å². The van der Waals surface area contributed by atoms with Crippen molar-refractivity contribution in [2.75, 3.05) is 31.5 Å². The van der Waals surface area contributed by atoms with Gasteiger partial charge in [0.1, 0.15) is 12.1 Å². The van der Waals surface area contributed by atoms with E-state index in [1.165, 1.54) is 38.1 Å². The minimum atomic E-state index is -4.45. The van der Waals surface area contributed by atoms with Gasteiger partial charge in [-0.3, -0.25) is 9.69 Å². The van der Waals surface area contributed by atoms with Gasteiger partial charge in [0, 0.05) is 30.9 Å². The van der Waals surface area contributed by atoms with Gasteiger partial charge < -0.3 is 11.1 Å². The lowest BCUT2D eigenvalue weighted by atomic mass is 9.82. The molecule has 2 heterocycles. The molecule has 1 saturated heterocycles. The largest absolute Gasteiger partial charge is 0.416 e. The van der Waals surface area contributed by atoms with Crippen molar-refractivity contribution in [2.45, 2.75) is 44.3 Å². The molecule has 1 saturated carbocycles. The third-order valence-corrected chi connectivity index (χ3v) is 6.58. The Kier molecular flexibility index (Phi) is 6.43. The van der Waals surface area contributed by atoms with Crippen LogP contribution in [-0.4, -0.2) is 52.9 Å². The summed E-state index contributed by atoms with van der Waals surface area (Å²) in [6.45, 7) is 2.70. The van der Waals surface area contributed by atoms with Crippen molar-refractivity contribution in [3.8, 4) is 0 Å². The summed E-state index contributed by atoms with van der Waals surface area (Å²) >= 11 is 0. The highest BCUT2D eigenvalue weighted by Gasteiger charge is 2.35. The van der Waals surface area contributed by atoms with E-state index >= 15 is 0 Å². The molecule has 3 N–H and O–H groups in total. The van der Waals surface area contributed by atoms with Crippen LogP contribution in [-0.2, 0) is 11.0 Å². The zero-order valence-electron chi connectivity index (χ0n) is 17.4. The molecule has 2 fully saturated rings. The fourth-order valence-electron chi connectivity index (χ4n) is 4.73. The van der Waals surface area contributed by atoms with Crippen molar-refractivity contribution in [1.82, 2.24) is 14.9 Å². The summed E-state index contributed by atoms with van der Waals surface area (Å²) in [4.78, 5) is 22.9. The van der Waals surface area contributed by atoms with Gasteiger partial charge in [0.05, 0.1) is 17.6 Å². The Hall–Kier alpha value is -2.26. The van der Waals surface area contributed by atoms with E-state index in [0.717, 1.165) is 31.8 Å². The Labute approximate surface area is 179 Å². The first kappa shape index (κ1) is 22.0. The number of Topliss-reactive ketones (excluding diaryl/α,β-unsaturated/α-hetero) is 1. The molecular weight excluding hydrogens is 407 g/mol. The normalized spacial score (nSPS) is 23.0. The lowest BCUT2D eigenvalue weighted by molar-refractivity contribution is -0.137. The topological polar surface area (TPSA) is 84.1 Å². The van der Waals surface area contributed by atoms with Gasteiger partial charge in [-0.1, -0.05) is 0 Å². The van der Waals surface area contributed by atoms with Crippen molar-refractivity contribution >= 4 is 22.5 Å². The Balaban J connectivity index is 1.27. The SMILES string of the molecule is NCC1CCC(N2CC(CC(=O)CNc3ncnc4ccc(C(F)(F)F)cc34)C2)CC1. The Morgan fingerprint density at radius 1 is 1.13 bits per heavy atom. The van der Waals surface area contributed by atoms with Crippen molar-refractivity contribution in [2.24, 2.45) is 17.6 Å². The van der Waals surface area contributed by atoms with Crippen LogP contribution in [0.4, 0.5) is 19.0 Å². The summed E-state index contributed by atoms with van der Waals surface area (Å²) in [6, 6.07) is 3.94. The predicted octanol–water partition coefficient (Wildman–Crippen LogP) is 3.47. The molecule has 0 amide bonds. The van der Waals surface area contributed by atoms with Gasteiger partial charge in [0.25, 0.3) is 0 Å². The van der Waals surface area contributed by atoms with Crippen LogP contribution in [0, 0.1) is 11.8 Å². The standard InChI is InChI=1S/C22H28F3N5O/c23-22(24,25)16-3-6-20-19(8-16)21(29-13-28-20)27-10-18(31)7-15-11-30(12-15)17-4-1-14(9-26)2-5-17/h3,6,8,13-15,17H,1-2,4-5,7,9-12,26H2,(H,27,28,29). The minimum Gasteiger partial charge on any atom is -0.362 e. The number of likely N-dealkylation sites (tertiary alicyclic amines) is 1. The third kappa shape index (κ3) is 5.15. The summed E-state index contributed by atoms with van der Waals surface area (Å²) < 4.78 is 39.1. The van der Waals surface area contributed by atoms with Crippen molar-refractivity contribution in [1.29, 1.82) is 0 Å². The van der Waals surface area contributed by atoms with Gasteiger partial charge in [-0.25, -0.2) is 9.97 Å². The molecule has 4 rings (SSSR count). The maximum Gasteiger partial charge on any atom is 0.416 e. The lowest BCUT2D eigenvalue weighted by Gasteiger charge is -2.46. The summed E-state index contributed by atoms with van der Waals surface area (Å²) in [7, 11) is 0. The zero-order valence-corrected chi connectivity index (χ0v) is 17.4. The second-order valence-corrected chi connectivity index (χ2v) is 8.78. The average Bonchev–Trinajstić information content (AvgIpc) is 2.73. The molecule has 0 spiro atoms. The molecule has 0 radical (unpaired) electrons. The van der Waals surface area contributed by atoms with Crippen molar-refractivity contribution in [3.05, 3.63) is 30.1 Å². The fraction of sp³-hybridized carbons (Fsp3) is 0.591. The van der Waals surface area contributed by atoms with Gasteiger partial charge >= 0.3 is 6.18 Å². The molecule has 2 aliphatic rings. The van der Waals surface area contributed by atoms with E-state index in [9.17, 15) is 18.0 Å². The number of nitrogens with zero attached hydrogens (tertiary/aromatic N) is 3. The molecule has 2 aromatic rings. The Bertz CT molecular complexity index is 921. The summed E-state index contributed by atoms with van der Waals surface area (Å²) in [6.07, 6.45) is 2.05. The zero-order chi connectivity index (χ0) is 22.0. The number of nitrogens with two attached hydrogens (primary N) is 1. The van der Waals surface area contributed by atoms with E-state index < -0.39 is 11.7 Å². The maximum absolute atomic E-state index is 13.0. The van der Waals surface area contributed by atoms with E-state index in [-0.39, 0.29) is 23.5 Å². The van der Waals surface area contributed by atoms with Gasteiger partial charge in [0.15, 0.2) is 5.78 Å². The molecule has 0 atom stereocenters. The van der Waals surface area contributed by atoms with Crippen LogP contribution in [0.15, 0.2) is 24.5 Å². The highest BCUT2D eigenvalue weighted by Crippen LogP contribution is 2.33. The van der Waals surface area contributed by atoms with Gasteiger partial charge in [-0.05, 0) is 62.3 Å². The van der Waals surface area contributed by atoms with E-state index in [0.29, 0.717) is 29.8 Å². The van der Waals surface area contributed by atoms with E-state index in [4.69, 9.17) is 5.73 Å². The highest BCUT2D eigenvalue weighted by atomic mass is 19.4. The quantitative estimate of drug-likeness (QED) is 0.693. The maximum atomic E-state index is 13.0. The number of carbonyl (C=O) groups excluding carboxylic acids is 1. The number of hydrogen-bond acceptors (Lipinski definition) is 6. The number of rotatable bonds is 7. The molecule has 31 heavy (non-hydrogen) atoms. The second-order valence-electron chi connectivity index (χ2n) is 8.78. The number of benzene rings is 1. The van der Waals surface area contributed by atoms with Gasteiger partial charge in [-0.2, -0.15) is 13.2 Å². The molecule has 168 valence electrons. The second kappa shape index (κ2) is 9.08. The number of anilines is 1. The highest BCUT2D eigenvalue weighted by molar-refractivity contribution is 5.91. The summed E-state index contributed by atoms with van der Waals surface area (Å²) in [5.74, 6) is 1.29. The monoisotopic (exact) mass is 435 g/mol. The molecule has 1 aromatic heterocycles. The van der Waals surface area contributed by atoms with Crippen LogP contribution < -0.4 is 11.1 Å². The first-order valence-corrected chi connectivity index (χ1v) is 10.8. The average molecular weight is 435 g/mol. The number of alkyl halides is 3. The van der Waals surface area contributed by atoms with Crippen molar-refractivity contribution in [3.63, 3.8) is 0 Å². The molecule has 1 aliphatic carbocycles. The van der Waals surface area contributed by atoms with Crippen LogP contribution in [0.1, 0.15) is 37.7 Å². The number of ketones is 1. The molecule has 9 heteroatoms. The summed E-state index contributed by atoms with van der Waals surface area (Å²) in [5, 5.41) is 3.17. The number of carbonyl (C=O) groups is 1. The number of hydrogen-bond donors (Lipinski definition) is 2. The van der Waals surface area contributed by atoms with Crippen LogP contribution in [0.2, 0.25) is 0 Å². The number of aromatic nitrogens is 2. The van der Waals surface area contributed by atoms with Crippen molar-refractivity contribution < 1.29 is 18.0 Å². The van der Waals surface area contributed by atoms with Crippen LogP contribution in [0.25, 0.3) is 10.9 Å². The number of halogens is 3. The molecule has 0 unspecified atom stereocenters. The van der Waals surface area contributed by atoms with E-state index in [1.54, 1.807) is 0 Å². The molecule has 1 aromatic carbocycles. The smallest absolute Gasteiger partial charge is 0.362 e. The van der Waals surface area contributed by atoms with E-state index in [2.05, 4.69) is 20.2 Å². The molecule has 6 nitrogen and oxygen atoms in total. The molecular formula is C22H28F3N5O. The summed E-state index contributed by atoms with van der Waals surface area (Å²) in [5.41, 5.74) is 5.40. The van der Waals surface area contributed by atoms with E-state index in [1.807, 2.05) is 0 Å². The predicted molar refractivity (Wildman–Crippen MR) is 113 cm³/mol. The fourth-order valence-corrected chi connectivity index (χ4v) is 4.73. The lowest BCUT2D eigenvalue weighted by Crippen LogP contribution is -2.53. The molecule has 0 bridgehead atoms. The number of fused-ring (bicyclic) bond motifs is 1. The Morgan fingerprint density at radius 2 is 1.87 bits per heavy atom. The number of nitrogens with one attached hydrogen (secondary N) is 1. The van der Waals surface area contributed by atoms with Crippen LogP contribution >= 0.6 is 0 Å². The van der Waals surface area contributed by atoms with Crippen LogP contribution in [0.3, 0.4) is 0 Å². The minimum absolute atomic E-state index is 0.0372. The van der Waals surface area contributed by atoms with Crippen LogP contribution in [0.5, 0.6) is 0 Å².